The second-order valence-electron chi connectivity index (χ2n) is 12.2. The number of imidazole rings is 1. The van der Waals surface area contributed by atoms with E-state index in [2.05, 4.69) is 20.3 Å². The number of imide groups is 1. The number of nitrogens with zero attached hydrogens (tertiary/aromatic N) is 2. The van der Waals surface area contributed by atoms with Gasteiger partial charge in [0.2, 0.25) is 5.91 Å². The summed E-state index contributed by atoms with van der Waals surface area (Å²) in [7, 11) is 0. The minimum Gasteiger partial charge on any atom is -0.349 e. The number of benzene rings is 2. The zero-order valence-corrected chi connectivity index (χ0v) is 27.2. The first-order chi connectivity index (χ1) is 21.5. The normalized spacial score (nSPS) is 16.9. The number of anilines is 1. The SMILES string of the molecule is Cc1nc(C(=O)NC(C)C)ccc1-c1ccc(C[C@H](N)C(=O)N(c2ccc3[nH]c(=O)[nH]c3c2)C(=O)[C@H]2CC[C@H](CN)CC2)cc1.Cl. The number of carbonyl (C=O) groups is 3. The number of rotatable bonds is 9. The summed E-state index contributed by atoms with van der Waals surface area (Å²) in [4.78, 5) is 63.1. The van der Waals surface area contributed by atoms with E-state index in [0.29, 0.717) is 47.7 Å². The Morgan fingerprint density at radius 1 is 0.978 bits per heavy atom. The molecule has 4 aromatic rings. The molecule has 1 aliphatic rings. The van der Waals surface area contributed by atoms with Crippen LogP contribution in [0.15, 0.2) is 59.4 Å². The predicted octanol–water partition coefficient (Wildman–Crippen LogP) is 3.98. The first-order valence-corrected chi connectivity index (χ1v) is 15.5. The smallest absolute Gasteiger partial charge is 0.323 e. The van der Waals surface area contributed by atoms with Gasteiger partial charge in [-0.05, 0) is 101 Å². The molecule has 2 aromatic heterocycles. The van der Waals surface area contributed by atoms with Crippen LogP contribution in [-0.2, 0) is 16.0 Å². The maximum absolute atomic E-state index is 13.9. The number of hydrogen-bond donors (Lipinski definition) is 5. The molecule has 244 valence electrons. The van der Waals surface area contributed by atoms with Crippen LogP contribution in [0.25, 0.3) is 22.2 Å². The average molecular weight is 648 g/mol. The van der Waals surface area contributed by atoms with Crippen molar-refractivity contribution in [2.45, 2.75) is 65.0 Å². The van der Waals surface area contributed by atoms with Crippen molar-refractivity contribution in [3.8, 4) is 11.1 Å². The van der Waals surface area contributed by atoms with Crippen LogP contribution < -0.4 is 27.4 Å². The number of aryl methyl sites for hydroxylation is 1. The molecule has 2 aromatic carbocycles. The van der Waals surface area contributed by atoms with Crippen LogP contribution >= 0.6 is 12.4 Å². The number of hydrogen-bond acceptors (Lipinski definition) is 7. The summed E-state index contributed by atoms with van der Waals surface area (Å²) in [5.74, 6) is -0.939. The number of aromatic nitrogens is 3. The molecule has 12 heteroatoms. The molecule has 0 saturated heterocycles. The largest absolute Gasteiger partial charge is 0.349 e. The Bertz CT molecular complexity index is 1760. The monoisotopic (exact) mass is 647 g/mol. The molecule has 7 N–H and O–H groups in total. The molecule has 0 radical (unpaired) electrons. The highest BCUT2D eigenvalue weighted by Gasteiger charge is 2.35. The number of H-pyrrole nitrogens is 2. The summed E-state index contributed by atoms with van der Waals surface area (Å²) in [6.07, 6.45) is 3.20. The van der Waals surface area contributed by atoms with Crippen molar-refractivity contribution in [3.05, 3.63) is 82.0 Å². The highest BCUT2D eigenvalue weighted by atomic mass is 35.5. The zero-order chi connectivity index (χ0) is 32.2. The molecule has 3 amide bonds. The number of carbonyl (C=O) groups excluding carboxylic acids is 3. The summed E-state index contributed by atoms with van der Waals surface area (Å²) in [5.41, 5.74) is 17.2. The lowest BCUT2D eigenvalue weighted by Gasteiger charge is -2.32. The topological polar surface area (TPSA) is 180 Å². The third-order valence-corrected chi connectivity index (χ3v) is 8.50. The van der Waals surface area contributed by atoms with Crippen LogP contribution in [0.3, 0.4) is 0 Å². The fraction of sp³-hybridized carbons (Fsp3) is 0.382. The second-order valence-corrected chi connectivity index (χ2v) is 12.2. The van der Waals surface area contributed by atoms with E-state index in [-0.39, 0.29) is 48.3 Å². The molecule has 2 heterocycles. The van der Waals surface area contributed by atoms with Crippen LogP contribution in [0.5, 0.6) is 0 Å². The fourth-order valence-electron chi connectivity index (χ4n) is 6.01. The molecular formula is C34H42ClN7O4. The van der Waals surface area contributed by atoms with Crippen LogP contribution in [-0.4, -0.2) is 51.3 Å². The van der Waals surface area contributed by atoms with E-state index >= 15 is 0 Å². The summed E-state index contributed by atoms with van der Waals surface area (Å²) in [6.45, 7) is 6.24. The number of pyridine rings is 1. The first-order valence-electron chi connectivity index (χ1n) is 15.5. The minimum absolute atomic E-state index is 0. The van der Waals surface area contributed by atoms with E-state index in [1.807, 2.05) is 51.1 Å². The number of fused-ring (bicyclic) bond motifs is 1. The average Bonchev–Trinajstić information content (AvgIpc) is 3.40. The predicted molar refractivity (Wildman–Crippen MR) is 182 cm³/mol. The lowest BCUT2D eigenvalue weighted by Crippen LogP contribution is -2.50. The van der Waals surface area contributed by atoms with Gasteiger partial charge in [0.1, 0.15) is 5.69 Å². The highest BCUT2D eigenvalue weighted by Crippen LogP contribution is 2.32. The van der Waals surface area contributed by atoms with Crippen LogP contribution in [0.2, 0.25) is 0 Å². The lowest BCUT2D eigenvalue weighted by molar-refractivity contribution is -0.130. The van der Waals surface area contributed by atoms with Crippen molar-refractivity contribution >= 4 is 46.8 Å². The molecule has 0 spiro atoms. The van der Waals surface area contributed by atoms with Gasteiger partial charge < -0.3 is 26.8 Å². The van der Waals surface area contributed by atoms with Crippen molar-refractivity contribution in [2.24, 2.45) is 23.3 Å². The molecular weight excluding hydrogens is 606 g/mol. The van der Waals surface area contributed by atoms with E-state index in [4.69, 9.17) is 11.5 Å². The van der Waals surface area contributed by atoms with Crippen molar-refractivity contribution in [2.75, 3.05) is 11.4 Å². The van der Waals surface area contributed by atoms with Crippen LogP contribution in [0.4, 0.5) is 5.69 Å². The van der Waals surface area contributed by atoms with Crippen molar-refractivity contribution in [1.29, 1.82) is 0 Å². The van der Waals surface area contributed by atoms with Gasteiger partial charge in [0.25, 0.3) is 11.8 Å². The number of halogens is 1. The Hall–Kier alpha value is -4.32. The third-order valence-electron chi connectivity index (χ3n) is 8.50. The van der Waals surface area contributed by atoms with Gasteiger partial charge in [-0.2, -0.15) is 0 Å². The summed E-state index contributed by atoms with van der Waals surface area (Å²) < 4.78 is 0. The second kappa shape index (κ2) is 14.8. The molecule has 0 unspecified atom stereocenters. The van der Waals surface area contributed by atoms with Crippen LogP contribution in [0, 0.1) is 18.8 Å². The summed E-state index contributed by atoms with van der Waals surface area (Å²) >= 11 is 0. The number of nitrogens with one attached hydrogen (secondary N) is 3. The van der Waals surface area contributed by atoms with Crippen molar-refractivity contribution in [3.63, 3.8) is 0 Å². The molecule has 1 fully saturated rings. The molecule has 1 aliphatic carbocycles. The molecule has 1 atom stereocenters. The number of aromatic amines is 2. The van der Waals surface area contributed by atoms with E-state index in [1.54, 1.807) is 24.3 Å². The summed E-state index contributed by atoms with van der Waals surface area (Å²) in [6, 6.07) is 15.2. The van der Waals surface area contributed by atoms with Gasteiger partial charge in [-0.15, -0.1) is 12.4 Å². The van der Waals surface area contributed by atoms with Crippen molar-refractivity contribution < 1.29 is 14.4 Å². The van der Waals surface area contributed by atoms with Crippen LogP contribution in [0.1, 0.15) is 61.3 Å². The van der Waals surface area contributed by atoms with Gasteiger partial charge in [-0.3, -0.25) is 14.4 Å². The quantitative estimate of drug-likeness (QED) is 0.182. The fourth-order valence-corrected chi connectivity index (χ4v) is 6.01. The van der Waals surface area contributed by atoms with Crippen molar-refractivity contribution in [1.82, 2.24) is 20.3 Å². The summed E-state index contributed by atoms with van der Waals surface area (Å²) in [5, 5.41) is 2.85. The Morgan fingerprint density at radius 3 is 2.28 bits per heavy atom. The van der Waals surface area contributed by atoms with Gasteiger partial charge in [-0.1, -0.05) is 30.3 Å². The molecule has 1 saturated carbocycles. The Labute approximate surface area is 273 Å². The van der Waals surface area contributed by atoms with E-state index in [9.17, 15) is 19.2 Å². The Balaban J connectivity index is 0.00000480. The third kappa shape index (κ3) is 7.72. The van der Waals surface area contributed by atoms with Gasteiger partial charge in [0, 0.05) is 23.2 Å². The molecule has 5 rings (SSSR count). The number of amides is 3. The first kappa shape index (κ1) is 34.6. The standard InChI is InChI=1S/C34H41N7O4.ClH/c1-19(2)37-31(42)29-15-13-26(20(3)38-29)23-8-4-21(5-9-23)16-27(36)33(44)41(32(43)24-10-6-22(18-35)7-11-24)25-12-14-28-30(17-25)40-34(45)39-28;/h4-5,8-9,12-15,17,19,22,24,27H,6-7,10-11,16,18,35-36H2,1-3H3,(H,37,42)(H2,39,40,45);1H/t22-,24-,27-;/m0./s1. The Morgan fingerprint density at radius 2 is 1.65 bits per heavy atom. The molecule has 46 heavy (non-hydrogen) atoms. The minimum atomic E-state index is -0.983. The van der Waals surface area contributed by atoms with E-state index < -0.39 is 11.9 Å². The lowest BCUT2D eigenvalue weighted by atomic mass is 9.81. The van der Waals surface area contributed by atoms with E-state index in [0.717, 1.165) is 35.2 Å². The van der Waals surface area contributed by atoms with E-state index in [1.165, 1.54) is 4.90 Å². The molecule has 0 bridgehead atoms. The van der Waals surface area contributed by atoms with Gasteiger partial charge >= 0.3 is 5.69 Å². The highest BCUT2D eigenvalue weighted by molar-refractivity contribution is 6.17. The van der Waals surface area contributed by atoms with Gasteiger partial charge in [-0.25, -0.2) is 14.7 Å². The van der Waals surface area contributed by atoms with Gasteiger partial charge in [0.05, 0.1) is 22.8 Å². The van der Waals surface area contributed by atoms with Gasteiger partial charge in [0.15, 0.2) is 0 Å². The maximum atomic E-state index is 13.9. The zero-order valence-electron chi connectivity index (χ0n) is 26.3. The molecule has 0 aliphatic heterocycles. The maximum Gasteiger partial charge on any atom is 0.323 e. The number of nitrogens with two attached hydrogens (primary N) is 2. The Kier molecular flexibility index (Phi) is 11.2. The molecule has 11 nitrogen and oxygen atoms in total.